The number of benzene rings is 1. The van der Waals surface area contributed by atoms with Gasteiger partial charge in [-0.05, 0) is 44.4 Å². The number of carbonyl (C=O) groups is 3. The average Bonchev–Trinajstić information content (AvgIpc) is 3.09. The Morgan fingerprint density at radius 2 is 1.81 bits per heavy atom. The molecule has 8 heteroatoms. The fourth-order valence-electron chi connectivity index (χ4n) is 3.60. The first-order chi connectivity index (χ1) is 15.0. The van der Waals surface area contributed by atoms with E-state index in [1.54, 1.807) is 26.0 Å². The third-order valence-corrected chi connectivity index (χ3v) is 6.33. The zero-order valence-corrected chi connectivity index (χ0v) is 18.7. The first-order valence-electron chi connectivity index (χ1n) is 10.6. The topological polar surface area (TPSA) is 93.7 Å². The zero-order valence-electron chi connectivity index (χ0n) is 17.9. The van der Waals surface area contributed by atoms with Crippen LogP contribution in [0.25, 0.3) is 0 Å². The lowest BCUT2D eigenvalue weighted by atomic mass is 9.95. The normalized spacial score (nSPS) is 14.0. The van der Waals surface area contributed by atoms with E-state index in [2.05, 4.69) is 10.6 Å². The summed E-state index contributed by atoms with van der Waals surface area (Å²) in [7, 11) is 0. The molecule has 1 aliphatic carbocycles. The number of thiophene rings is 1. The van der Waals surface area contributed by atoms with Crippen molar-refractivity contribution in [1.29, 1.82) is 0 Å². The molecule has 1 aromatic heterocycles. The summed E-state index contributed by atoms with van der Waals surface area (Å²) in [6, 6.07) is 9.10. The van der Waals surface area contributed by atoms with Crippen LogP contribution in [0, 0.1) is 6.92 Å². The molecule has 1 aliphatic rings. The molecule has 166 valence electrons. The Balaban J connectivity index is 1.77. The molecule has 0 unspecified atom stereocenters. The first-order valence-corrected chi connectivity index (χ1v) is 11.4. The smallest absolute Gasteiger partial charge is 0.348 e. The highest BCUT2D eigenvalue weighted by molar-refractivity contribution is 7.18. The Morgan fingerprint density at radius 3 is 2.48 bits per heavy atom. The van der Waals surface area contributed by atoms with Crippen LogP contribution in [0.5, 0.6) is 5.75 Å². The molecular weight excluding hydrogens is 416 g/mol. The highest BCUT2D eigenvalue weighted by Gasteiger charge is 2.28. The average molecular weight is 445 g/mol. The van der Waals surface area contributed by atoms with E-state index in [1.807, 2.05) is 18.2 Å². The molecule has 1 heterocycles. The molecule has 1 aromatic carbocycles. The largest absolute Gasteiger partial charge is 0.484 e. The van der Waals surface area contributed by atoms with Gasteiger partial charge in [-0.2, -0.15) is 0 Å². The fourth-order valence-corrected chi connectivity index (χ4v) is 4.71. The maximum atomic E-state index is 13.1. The minimum Gasteiger partial charge on any atom is -0.484 e. The number of hydrogen-bond donors (Lipinski definition) is 2. The Morgan fingerprint density at radius 1 is 1.10 bits per heavy atom. The molecule has 0 saturated heterocycles. The summed E-state index contributed by atoms with van der Waals surface area (Å²) >= 11 is 1.05. The van der Waals surface area contributed by atoms with E-state index in [4.69, 9.17) is 9.47 Å². The van der Waals surface area contributed by atoms with Crippen LogP contribution in [0.2, 0.25) is 0 Å². The number of nitrogens with one attached hydrogen (secondary N) is 2. The molecule has 1 fully saturated rings. The second kappa shape index (κ2) is 10.9. The molecule has 31 heavy (non-hydrogen) atoms. The first kappa shape index (κ1) is 22.8. The van der Waals surface area contributed by atoms with Gasteiger partial charge >= 0.3 is 5.97 Å². The molecular formula is C23H28N2O5S. The van der Waals surface area contributed by atoms with Gasteiger partial charge in [0.15, 0.2) is 6.61 Å². The zero-order chi connectivity index (χ0) is 22.2. The second-order valence-electron chi connectivity index (χ2n) is 7.44. The number of hydrogen-bond acceptors (Lipinski definition) is 6. The lowest BCUT2D eigenvalue weighted by Gasteiger charge is -2.23. The van der Waals surface area contributed by atoms with E-state index >= 15 is 0 Å². The van der Waals surface area contributed by atoms with Gasteiger partial charge in [-0.15, -0.1) is 11.3 Å². The number of amides is 2. The van der Waals surface area contributed by atoms with Crippen molar-refractivity contribution in [1.82, 2.24) is 5.32 Å². The van der Waals surface area contributed by atoms with Crippen molar-refractivity contribution in [3.8, 4) is 5.75 Å². The standard InChI is InChI=1S/C23H28N2O5S/c1-3-29-23(28)20-15(2)19(21(27)24-16-10-6-4-7-11-16)22(31-20)25-18(26)14-30-17-12-8-5-9-13-17/h5,8-9,12-13,16H,3-4,6-7,10-11,14H2,1-2H3,(H,24,27)(H,25,26). The van der Waals surface area contributed by atoms with Crippen LogP contribution in [-0.2, 0) is 9.53 Å². The molecule has 1 saturated carbocycles. The van der Waals surface area contributed by atoms with Crippen LogP contribution >= 0.6 is 11.3 Å². The molecule has 0 radical (unpaired) electrons. The van der Waals surface area contributed by atoms with Crippen molar-refractivity contribution in [2.75, 3.05) is 18.5 Å². The lowest BCUT2D eigenvalue weighted by Crippen LogP contribution is -2.36. The van der Waals surface area contributed by atoms with E-state index in [0.29, 0.717) is 26.8 Å². The summed E-state index contributed by atoms with van der Waals surface area (Å²) in [6.07, 6.45) is 5.22. The summed E-state index contributed by atoms with van der Waals surface area (Å²) in [4.78, 5) is 38.2. The summed E-state index contributed by atoms with van der Waals surface area (Å²) < 4.78 is 10.6. The van der Waals surface area contributed by atoms with Crippen LogP contribution in [0.4, 0.5) is 5.00 Å². The SMILES string of the molecule is CCOC(=O)c1sc(NC(=O)COc2ccccc2)c(C(=O)NC2CCCCC2)c1C. The highest BCUT2D eigenvalue weighted by atomic mass is 32.1. The van der Waals surface area contributed by atoms with Gasteiger partial charge in [-0.25, -0.2) is 4.79 Å². The van der Waals surface area contributed by atoms with E-state index in [0.717, 1.165) is 37.0 Å². The van der Waals surface area contributed by atoms with Crippen molar-refractivity contribution in [2.24, 2.45) is 0 Å². The van der Waals surface area contributed by atoms with Gasteiger partial charge in [-0.1, -0.05) is 37.5 Å². The van der Waals surface area contributed by atoms with Crippen molar-refractivity contribution in [3.63, 3.8) is 0 Å². The fraction of sp³-hybridized carbons (Fsp3) is 0.435. The Labute approximate surface area is 186 Å². The lowest BCUT2D eigenvalue weighted by molar-refractivity contribution is -0.118. The number of para-hydroxylation sites is 1. The Hall–Kier alpha value is -2.87. The molecule has 0 spiro atoms. The van der Waals surface area contributed by atoms with Gasteiger partial charge in [0.05, 0.1) is 12.2 Å². The van der Waals surface area contributed by atoms with Crippen molar-refractivity contribution in [3.05, 3.63) is 46.3 Å². The van der Waals surface area contributed by atoms with Crippen molar-refractivity contribution in [2.45, 2.75) is 52.0 Å². The number of anilines is 1. The van der Waals surface area contributed by atoms with Crippen LogP contribution in [0.3, 0.4) is 0 Å². The van der Waals surface area contributed by atoms with E-state index in [-0.39, 0.29) is 25.2 Å². The second-order valence-corrected chi connectivity index (χ2v) is 8.46. The molecule has 7 nitrogen and oxygen atoms in total. The van der Waals surface area contributed by atoms with Crippen LogP contribution in [0.1, 0.15) is 64.6 Å². The van der Waals surface area contributed by atoms with Gasteiger partial charge in [-0.3, -0.25) is 9.59 Å². The summed E-state index contributed by atoms with van der Waals surface area (Å²) in [5, 5.41) is 6.14. The molecule has 2 aromatic rings. The van der Waals surface area contributed by atoms with Crippen molar-refractivity contribution >= 4 is 34.1 Å². The predicted molar refractivity (Wildman–Crippen MR) is 120 cm³/mol. The van der Waals surface area contributed by atoms with Gasteiger partial charge < -0.3 is 20.1 Å². The monoisotopic (exact) mass is 444 g/mol. The minimum absolute atomic E-state index is 0.108. The molecule has 3 rings (SSSR count). The maximum absolute atomic E-state index is 13.1. The number of rotatable bonds is 8. The Bertz CT molecular complexity index is 920. The molecule has 2 amide bonds. The number of carbonyl (C=O) groups excluding carboxylic acids is 3. The van der Waals surface area contributed by atoms with Crippen molar-refractivity contribution < 1.29 is 23.9 Å². The molecule has 0 aliphatic heterocycles. The molecule has 0 bridgehead atoms. The summed E-state index contributed by atoms with van der Waals surface area (Å²) in [5.41, 5.74) is 0.822. The molecule has 0 atom stereocenters. The van der Waals surface area contributed by atoms with Gasteiger partial charge in [0.25, 0.3) is 11.8 Å². The molecule has 2 N–H and O–H groups in total. The van der Waals surface area contributed by atoms with Gasteiger partial charge in [0, 0.05) is 6.04 Å². The van der Waals surface area contributed by atoms with E-state index < -0.39 is 11.9 Å². The van der Waals surface area contributed by atoms with Crippen LogP contribution < -0.4 is 15.4 Å². The van der Waals surface area contributed by atoms with Gasteiger partial charge in [0.1, 0.15) is 15.6 Å². The third-order valence-electron chi connectivity index (χ3n) is 5.14. The third kappa shape index (κ3) is 6.07. The summed E-state index contributed by atoms with van der Waals surface area (Å²) in [5.74, 6) is -0.622. The summed E-state index contributed by atoms with van der Waals surface area (Å²) in [6.45, 7) is 3.45. The minimum atomic E-state index is -0.502. The van der Waals surface area contributed by atoms with Crippen LogP contribution in [-0.4, -0.2) is 37.0 Å². The Kier molecular flexibility index (Phi) is 8.06. The number of esters is 1. The maximum Gasteiger partial charge on any atom is 0.348 e. The predicted octanol–water partition coefficient (Wildman–Crippen LogP) is 4.31. The van der Waals surface area contributed by atoms with E-state index in [1.165, 1.54) is 6.42 Å². The van der Waals surface area contributed by atoms with Crippen LogP contribution in [0.15, 0.2) is 30.3 Å². The number of ether oxygens (including phenoxy) is 2. The quantitative estimate of drug-likeness (QED) is 0.592. The highest BCUT2D eigenvalue weighted by Crippen LogP contribution is 2.34. The van der Waals surface area contributed by atoms with E-state index in [9.17, 15) is 14.4 Å². The van der Waals surface area contributed by atoms with Gasteiger partial charge in [0.2, 0.25) is 0 Å².